The molecule has 5 aliphatic rings. The van der Waals surface area contributed by atoms with E-state index in [1.54, 1.807) is 29.7 Å². The molecule has 17 nitrogen and oxygen atoms in total. The van der Waals surface area contributed by atoms with Crippen molar-refractivity contribution in [1.82, 2.24) is 45.5 Å². The summed E-state index contributed by atoms with van der Waals surface area (Å²) in [7, 11) is 0. The third-order valence-corrected chi connectivity index (χ3v) is 18.9. The normalized spacial score (nSPS) is 22.0. The van der Waals surface area contributed by atoms with Crippen LogP contribution >= 0.6 is 11.3 Å². The summed E-state index contributed by atoms with van der Waals surface area (Å²) in [5.74, 6) is 1.01. The number of aromatic hydroxyl groups is 1. The Morgan fingerprint density at radius 2 is 1.69 bits per heavy atom. The van der Waals surface area contributed by atoms with E-state index in [4.69, 9.17) is 24.2 Å². The van der Waals surface area contributed by atoms with Gasteiger partial charge in [-0.25, -0.2) is 9.37 Å². The zero-order valence-corrected chi connectivity index (χ0v) is 48.0. The van der Waals surface area contributed by atoms with Gasteiger partial charge in [0.2, 0.25) is 11.8 Å². The second-order valence-corrected chi connectivity index (χ2v) is 24.7. The van der Waals surface area contributed by atoms with Gasteiger partial charge in [-0.05, 0) is 130 Å². The molecule has 5 saturated heterocycles. The van der Waals surface area contributed by atoms with Crippen molar-refractivity contribution in [2.75, 3.05) is 62.2 Å². The van der Waals surface area contributed by atoms with Crippen molar-refractivity contribution in [3.05, 3.63) is 101 Å². The first-order chi connectivity index (χ1) is 39.2. The number of hydrogen-bond donors (Lipinski definition) is 4. The fraction of sp³-hybridized carbons (Fsp3) is 0.500. The number of halogens is 1. The van der Waals surface area contributed by atoms with Gasteiger partial charge in [0.05, 0.1) is 33.6 Å². The molecule has 19 heteroatoms. The number of phenols is 1. The summed E-state index contributed by atoms with van der Waals surface area (Å²) >= 11 is 1.59. The van der Waals surface area contributed by atoms with Gasteiger partial charge >= 0.3 is 6.01 Å². The number of phenolic OH excluding ortho intramolecular Hbond substituents is 1. The summed E-state index contributed by atoms with van der Waals surface area (Å²) < 4.78 is 29.6. The number of hydrogen-bond acceptors (Lipinski definition) is 16. The summed E-state index contributed by atoms with van der Waals surface area (Å²) in [6, 6.07) is 18.9. The first-order valence-electron chi connectivity index (χ1n) is 29.2. The smallest absolute Gasteiger partial charge is 0.319 e. The minimum atomic E-state index is -0.817. The number of aliphatic hydroxyl groups is 1. The number of aromatic nitrogens is 5. The Bertz CT molecular complexity index is 3420. The Morgan fingerprint density at radius 1 is 0.926 bits per heavy atom. The van der Waals surface area contributed by atoms with Crippen molar-refractivity contribution in [1.29, 1.82) is 0 Å². The second kappa shape index (κ2) is 22.9. The van der Waals surface area contributed by atoms with E-state index in [1.165, 1.54) is 4.90 Å². The third-order valence-electron chi connectivity index (χ3n) is 17.9. The molecule has 9 heterocycles. The summed E-state index contributed by atoms with van der Waals surface area (Å²) in [6.45, 7) is 17.6. The number of carbonyl (C=O) groups is 2. The van der Waals surface area contributed by atoms with Crippen LogP contribution in [-0.2, 0) is 16.0 Å². The molecule has 0 aliphatic carbocycles. The molecule has 0 spiro atoms. The number of amides is 2. The van der Waals surface area contributed by atoms with Gasteiger partial charge in [0.25, 0.3) is 0 Å². The lowest BCUT2D eigenvalue weighted by Crippen LogP contribution is -2.51. The fourth-order valence-corrected chi connectivity index (χ4v) is 14.3. The molecule has 2 bridgehead atoms. The summed E-state index contributed by atoms with van der Waals surface area (Å²) in [5, 5.41) is 35.1. The summed E-state index contributed by atoms with van der Waals surface area (Å²) in [5.41, 5.74) is 6.68. The number of likely N-dealkylation sites (tertiary alicyclic amines) is 2. The molecule has 5 fully saturated rings. The van der Waals surface area contributed by atoms with Gasteiger partial charge in [0.15, 0.2) is 17.4 Å². The molecule has 7 atom stereocenters. The van der Waals surface area contributed by atoms with E-state index in [1.807, 2.05) is 81.7 Å². The number of piperidine rings is 1. The zero-order chi connectivity index (χ0) is 56.2. The second-order valence-electron chi connectivity index (χ2n) is 23.9. The van der Waals surface area contributed by atoms with Crippen LogP contribution in [0.25, 0.3) is 43.4 Å². The predicted molar refractivity (Wildman–Crippen MR) is 312 cm³/mol. The first kappa shape index (κ1) is 54.8. The number of fused-ring (bicyclic) bond motifs is 4. The van der Waals surface area contributed by atoms with Crippen LogP contribution < -0.4 is 25.2 Å². The van der Waals surface area contributed by atoms with E-state index in [0.717, 1.165) is 116 Å². The highest BCUT2D eigenvalue weighted by atomic mass is 32.1. The van der Waals surface area contributed by atoms with Crippen molar-refractivity contribution < 1.29 is 33.5 Å². The van der Waals surface area contributed by atoms with Crippen LogP contribution in [0.4, 0.5) is 16.0 Å². The highest BCUT2D eigenvalue weighted by molar-refractivity contribution is 7.13. The number of benzene rings is 3. The number of ether oxygens (including phenoxy) is 1. The monoisotopic (exact) mass is 1120 g/mol. The molecule has 0 saturated carbocycles. The number of piperazine rings is 1. The molecule has 2 unspecified atom stereocenters. The van der Waals surface area contributed by atoms with Gasteiger partial charge in [0, 0.05) is 75.1 Å². The molecular weight excluding hydrogens is 1050 g/mol. The predicted octanol–water partition coefficient (Wildman–Crippen LogP) is 9.20. The minimum absolute atomic E-state index is 0.0429. The first-order valence-corrected chi connectivity index (χ1v) is 30.0. The number of rotatable bonds is 17. The zero-order valence-electron chi connectivity index (χ0n) is 47.1. The SMILES string of the molecule is CCc1cccc2cc(O)cc(-c3ncc4c(N5CC6CCC(C5)N6)nc(OC[C@H](C)N5CCC(CC6CN(c7cc([C@H](C(=O)N8C[C@H](O)C[C@H]8C(=O)N[C@@H](C)c8ccc(-c9scnc9C)cc8)C(C)C)on7)C6)CC5)nc4c3F)c12. The van der Waals surface area contributed by atoms with E-state index in [0.29, 0.717) is 58.9 Å². The summed E-state index contributed by atoms with van der Waals surface area (Å²) in [6.07, 6.45) is 7.20. The number of nitrogens with zero attached hydrogens (tertiary/aromatic N) is 9. The van der Waals surface area contributed by atoms with Crippen LogP contribution in [0.1, 0.15) is 108 Å². The molecular formula is C62H74FN11O6S. The van der Waals surface area contributed by atoms with Gasteiger partial charge in [-0.15, -0.1) is 11.3 Å². The number of nitrogens with one attached hydrogen (secondary N) is 2. The largest absolute Gasteiger partial charge is 0.508 e. The molecule has 7 aromatic rings. The van der Waals surface area contributed by atoms with Crippen molar-refractivity contribution in [3.8, 4) is 33.5 Å². The van der Waals surface area contributed by atoms with Crippen LogP contribution in [0.3, 0.4) is 0 Å². The van der Waals surface area contributed by atoms with Crippen molar-refractivity contribution in [2.45, 2.75) is 129 Å². The van der Waals surface area contributed by atoms with E-state index in [2.05, 4.69) is 49.3 Å². The van der Waals surface area contributed by atoms with Gasteiger partial charge in [0.1, 0.15) is 41.3 Å². The van der Waals surface area contributed by atoms with Crippen molar-refractivity contribution >= 4 is 56.5 Å². The van der Waals surface area contributed by atoms with Crippen LogP contribution in [0, 0.1) is 30.5 Å². The lowest BCUT2D eigenvalue weighted by atomic mass is 9.83. The molecule has 3 aromatic carbocycles. The topological polar surface area (TPSA) is 198 Å². The lowest BCUT2D eigenvalue weighted by Gasteiger charge is -2.43. The average molecular weight is 1120 g/mol. The van der Waals surface area contributed by atoms with Crippen LogP contribution in [-0.4, -0.2) is 140 Å². The van der Waals surface area contributed by atoms with E-state index < -0.39 is 23.9 Å². The van der Waals surface area contributed by atoms with Crippen LogP contribution in [0.2, 0.25) is 0 Å². The number of thiazole rings is 1. The molecule has 2 amide bonds. The Kier molecular flexibility index (Phi) is 15.5. The molecule has 4 N–H and O–H groups in total. The average Bonchev–Trinajstić information content (AvgIpc) is 4.49. The quantitative estimate of drug-likeness (QED) is 0.0673. The molecule has 12 rings (SSSR count). The number of carbonyl (C=O) groups excluding carboxylic acids is 2. The van der Waals surface area contributed by atoms with Gasteiger partial charge in [-0.2, -0.15) is 9.97 Å². The van der Waals surface area contributed by atoms with Crippen molar-refractivity contribution in [3.63, 3.8) is 0 Å². The molecule has 5 aliphatic heterocycles. The molecule has 81 heavy (non-hydrogen) atoms. The molecule has 4 aromatic heterocycles. The molecule has 0 radical (unpaired) electrons. The number of anilines is 2. The Balaban J connectivity index is 0.649. The Hall–Kier alpha value is -6.80. The summed E-state index contributed by atoms with van der Waals surface area (Å²) in [4.78, 5) is 56.7. The van der Waals surface area contributed by atoms with Crippen LogP contribution in [0.5, 0.6) is 11.8 Å². The maximum Gasteiger partial charge on any atom is 0.319 e. The number of aliphatic hydroxyl groups excluding tert-OH is 1. The van der Waals surface area contributed by atoms with Gasteiger partial charge in [-0.1, -0.05) is 68.4 Å². The standard InChI is InChI=1S/C62H74FN11O6S/c1-7-40-9-8-10-43-22-46(75)23-48(54(40)43)56-55(63)57-49(26-64-56)59(73-29-44-15-16-45(30-73)67-44)69-62(68-57)79-32-35(4)71-19-17-38(18-20-71)21-39-27-72(28-39)52-25-51(80-70-52)53(34(2)3)61(78)74-31-47(76)24-50(74)60(77)66-36(5)41-11-13-42(14-12-41)58-37(6)65-33-81-58/h8-14,22-23,25-26,33-36,38-39,44-45,47,50,53,67,75-76H,7,15-21,24,27-32H2,1-6H3,(H,66,77)/t35-,36-,44?,45?,47+,50-,53+/m0/s1. The van der Waals surface area contributed by atoms with E-state index in [-0.39, 0.29) is 65.8 Å². The van der Waals surface area contributed by atoms with E-state index in [9.17, 15) is 19.8 Å². The Morgan fingerprint density at radius 3 is 2.41 bits per heavy atom. The van der Waals surface area contributed by atoms with Gasteiger partial charge < -0.3 is 44.8 Å². The maximum absolute atomic E-state index is 17.2. The third kappa shape index (κ3) is 11.1. The molecule has 426 valence electrons. The maximum atomic E-state index is 17.2. The van der Waals surface area contributed by atoms with E-state index >= 15 is 4.39 Å². The number of pyridine rings is 1. The number of β-amino-alcohol motifs (C(OH)–C–C–N with tert-alkyl or cyclic N) is 1. The Labute approximate surface area is 476 Å². The lowest BCUT2D eigenvalue weighted by molar-refractivity contribution is -0.141. The van der Waals surface area contributed by atoms with Crippen LogP contribution in [0.15, 0.2) is 76.9 Å². The fourth-order valence-electron chi connectivity index (χ4n) is 13.5. The highest BCUT2D eigenvalue weighted by Gasteiger charge is 2.44. The highest BCUT2D eigenvalue weighted by Crippen LogP contribution is 2.41. The van der Waals surface area contributed by atoms with Crippen molar-refractivity contribution in [2.24, 2.45) is 17.8 Å². The van der Waals surface area contributed by atoms with Gasteiger partial charge in [-0.3, -0.25) is 19.5 Å². The minimum Gasteiger partial charge on any atom is -0.508 e. The number of aryl methyl sites for hydroxylation is 2.